The molecule has 5 nitrogen and oxygen atoms in total. The number of thioether (sulfide) groups is 1. The van der Waals surface area contributed by atoms with Gasteiger partial charge in [0.1, 0.15) is 11.4 Å². The minimum atomic E-state index is -4.63. The van der Waals surface area contributed by atoms with Gasteiger partial charge in [-0.25, -0.2) is 9.97 Å². The highest BCUT2D eigenvalue weighted by molar-refractivity contribution is 7.99. The maximum absolute atomic E-state index is 13.2. The number of amides is 1. The van der Waals surface area contributed by atoms with Crippen LogP contribution in [0.4, 0.5) is 18.9 Å². The number of rotatable bonds is 4. The second-order valence-electron chi connectivity index (χ2n) is 6.63. The zero-order valence-electron chi connectivity index (χ0n) is 15.3. The SMILES string of the molecule is C[C@H]1Cc2ccccc2N1C(=O)CSc1nc(-c2ccco2)cc(C(F)(F)F)n1. The van der Waals surface area contributed by atoms with Crippen LogP contribution in [0.3, 0.4) is 0 Å². The number of alkyl halides is 3. The second kappa shape index (κ2) is 7.55. The van der Waals surface area contributed by atoms with Crippen molar-refractivity contribution in [2.75, 3.05) is 10.7 Å². The quantitative estimate of drug-likeness (QED) is 0.448. The largest absolute Gasteiger partial charge is 0.463 e. The lowest BCUT2D eigenvalue weighted by molar-refractivity contribution is -0.141. The molecule has 1 amide bonds. The van der Waals surface area contributed by atoms with E-state index in [9.17, 15) is 18.0 Å². The van der Waals surface area contributed by atoms with E-state index in [0.717, 1.165) is 35.5 Å². The van der Waals surface area contributed by atoms with Crippen LogP contribution in [0.15, 0.2) is 58.3 Å². The molecular weight excluding hydrogens is 403 g/mol. The molecule has 1 aliphatic heterocycles. The van der Waals surface area contributed by atoms with Gasteiger partial charge in [-0.05, 0) is 43.2 Å². The van der Waals surface area contributed by atoms with Gasteiger partial charge in [0.25, 0.3) is 0 Å². The molecule has 9 heteroatoms. The first kappa shape index (κ1) is 19.5. The smallest absolute Gasteiger partial charge is 0.433 e. The van der Waals surface area contributed by atoms with Gasteiger partial charge in [0.05, 0.1) is 12.0 Å². The molecule has 1 atom stereocenters. The molecule has 0 bridgehead atoms. The van der Waals surface area contributed by atoms with Crippen molar-refractivity contribution in [2.45, 2.75) is 30.7 Å². The first-order chi connectivity index (χ1) is 13.8. The Hall–Kier alpha value is -2.81. The Kier molecular flexibility index (Phi) is 5.08. The molecule has 3 aromatic rings. The fourth-order valence-corrected chi connectivity index (χ4v) is 4.04. The van der Waals surface area contributed by atoms with E-state index in [1.807, 2.05) is 31.2 Å². The molecule has 1 aromatic carbocycles. The molecule has 1 aliphatic rings. The van der Waals surface area contributed by atoms with Crippen LogP contribution in [0, 0.1) is 0 Å². The Morgan fingerprint density at radius 1 is 1.24 bits per heavy atom. The number of carbonyl (C=O) groups excluding carboxylic acids is 1. The minimum Gasteiger partial charge on any atom is -0.463 e. The van der Waals surface area contributed by atoms with E-state index < -0.39 is 11.9 Å². The topological polar surface area (TPSA) is 59.2 Å². The highest BCUT2D eigenvalue weighted by Crippen LogP contribution is 2.34. The highest BCUT2D eigenvalue weighted by Gasteiger charge is 2.35. The Balaban J connectivity index is 1.57. The zero-order valence-corrected chi connectivity index (χ0v) is 16.1. The number of anilines is 1. The standard InChI is InChI=1S/C20H16F3N3O2S/c1-12-9-13-5-2-3-6-15(13)26(12)18(27)11-29-19-24-14(16-7-4-8-28-16)10-17(25-19)20(21,22)23/h2-8,10,12H,9,11H2,1H3/t12-/m0/s1. The van der Waals surface area contributed by atoms with E-state index >= 15 is 0 Å². The molecule has 3 heterocycles. The summed E-state index contributed by atoms with van der Waals surface area (Å²) in [4.78, 5) is 22.2. The van der Waals surface area contributed by atoms with Gasteiger partial charge < -0.3 is 9.32 Å². The molecule has 2 aromatic heterocycles. The number of benzene rings is 1. The summed E-state index contributed by atoms with van der Waals surface area (Å²) in [5.74, 6) is -0.0708. The normalized spacial score (nSPS) is 16.1. The number of hydrogen-bond acceptors (Lipinski definition) is 5. The van der Waals surface area contributed by atoms with Crippen molar-refractivity contribution < 1.29 is 22.4 Å². The molecular formula is C20H16F3N3O2S. The van der Waals surface area contributed by atoms with Crippen molar-refractivity contribution in [3.8, 4) is 11.5 Å². The lowest BCUT2D eigenvalue weighted by Gasteiger charge is -2.22. The molecule has 150 valence electrons. The lowest BCUT2D eigenvalue weighted by Crippen LogP contribution is -2.37. The van der Waals surface area contributed by atoms with Crippen LogP contribution in [0.5, 0.6) is 0 Å². The van der Waals surface area contributed by atoms with Crippen LogP contribution in [0.2, 0.25) is 0 Å². The van der Waals surface area contributed by atoms with E-state index in [0.29, 0.717) is 0 Å². The summed E-state index contributed by atoms with van der Waals surface area (Å²) in [5, 5.41) is -0.125. The number of halogens is 3. The maximum atomic E-state index is 13.2. The number of furan rings is 1. The van der Waals surface area contributed by atoms with Gasteiger partial charge in [0, 0.05) is 11.7 Å². The van der Waals surface area contributed by atoms with Crippen LogP contribution in [-0.2, 0) is 17.4 Å². The molecule has 29 heavy (non-hydrogen) atoms. The Bertz CT molecular complexity index is 1040. The molecule has 0 aliphatic carbocycles. The van der Waals surface area contributed by atoms with Gasteiger partial charge >= 0.3 is 6.18 Å². The summed E-state index contributed by atoms with van der Waals surface area (Å²) < 4.78 is 44.9. The van der Waals surface area contributed by atoms with E-state index in [1.165, 1.54) is 12.3 Å². The fourth-order valence-electron chi connectivity index (χ4n) is 3.33. The summed E-state index contributed by atoms with van der Waals surface area (Å²) in [7, 11) is 0. The van der Waals surface area contributed by atoms with Crippen LogP contribution < -0.4 is 4.90 Å². The first-order valence-electron chi connectivity index (χ1n) is 8.86. The van der Waals surface area contributed by atoms with Crippen LogP contribution in [-0.4, -0.2) is 27.7 Å². The molecule has 0 spiro atoms. The number of para-hydroxylation sites is 1. The lowest BCUT2D eigenvalue weighted by atomic mass is 10.1. The third kappa shape index (κ3) is 4.00. The van der Waals surface area contributed by atoms with Crippen molar-refractivity contribution in [1.29, 1.82) is 0 Å². The average Bonchev–Trinajstić information content (AvgIpc) is 3.32. The fraction of sp³-hybridized carbons (Fsp3) is 0.250. The van der Waals surface area contributed by atoms with Crippen molar-refractivity contribution in [1.82, 2.24) is 9.97 Å². The van der Waals surface area contributed by atoms with E-state index in [4.69, 9.17) is 4.42 Å². The molecule has 0 radical (unpaired) electrons. The van der Waals surface area contributed by atoms with E-state index in [2.05, 4.69) is 9.97 Å². The van der Waals surface area contributed by atoms with Gasteiger partial charge in [-0.15, -0.1) is 0 Å². The van der Waals surface area contributed by atoms with Gasteiger partial charge in [-0.1, -0.05) is 30.0 Å². The van der Waals surface area contributed by atoms with Gasteiger partial charge in [-0.3, -0.25) is 4.79 Å². The van der Waals surface area contributed by atoms with Crippen molar-refractivity contribution in [2.24, 2.45) is 0 Å². The third-order valence-electron chi connectivity index (χ3n) is 4.57. The summed E-state index contributed by atoms with van der Waals surface area (Å²) in [6.07, 6.45) is -2.53. The number of carbonyl (C=O) groups is 1. The Morgan fingerprint density at radius 3 is 2.76 bits per heavy atom. The molecule has 0 fully saturated rings. The zero-order chi connectivity index (χ0) is 20.6. The van der Waals surface area contributed by atoms with Crippen molar-refractivity contribution in [3.05, 3.63) is 60.0 Å². The molecule has 4 rings (SSSR count). The number of nitrogens with zero attached hydrogens (tertiary/aromatic N) is 3. The monoisotopic (exact) mass is 419 g/mol. The summed E-state index contributed by atoms with van der Waals surface area (Å²) in [5.41, 5.74) is 0.863. The molecule has 0 N–H and O–H groups in total. The second-order valence-corrected chi connectivity index (χ2v) is 7.57. The van der Waals surface area contributed by atoms with E-state index in [1.54, 1.807) is 11.0 Å². The number of aromatic nitrogens is 2. The van der Waals surface area contributed by atoms with Crippen molar-refractivity contribution >= 4 is 23.4 Å². The molecule has 0 saturated heterocycles. The first-order valence-corrected chi connectivity index (χ1v) is 9.84. The number of hydrogen-bond donors (Lipinski definition) is 0. The Morgan fingerprint density at radius 2 is 2.03 bits per heavy atom. The van der Waals surface area contributed by atoms with Gasteiger partial charge in [0.15, 0.2) is 10.9 Å². The predicted octanol–water partition coefficient (Wildman–Crippen LogP) is 4.83. The summed E-state index contributed by atoms with van der Waals surface area (Å²) in [6, 6.07) is 11.5. The van der Waals surface area contributed by atoms with Gasteiger partial charge in [-0.2, -0.15) is 13.2 Å². The molecule has 0 saturated carbocycles. The summed E-state index contributed by atoms with van der Waals surface area (Å²) >= 11 is 0.879. The van der Waals surface area contributed by atoms with Gasteiger partial charge in [0.2, 0.25) is 5.91 Å². The highest BCUT2D eigenvalue weighted by atomic mass is 32.2. The van der Waals surface area contributed by atoms with Crippen molar-refractivity contribution in [3.63, 3.8) is 0 Å². The van der Waals surface area contributed by atoms with Crippen LogP contribution in [0.25, 0.3) is 11.5 Å². The third-order valence-corrected chi connectivity index (χ3v) is 5.40. The van der Waals surface area contributed by atoms with Crippen LogP contribution >= 0.6 is 11.8 Å². The van der Waals surface area contributed by atoms with E-state index in [-0.39, 0.29) is 34.3 Å². The maximum Gasteiger partial charge on any atom is 0.433 e. The number of fused-ring (bicyclic) bond motifs is 1. The average molecular weight is 419 g/mol. The Labute approximate surface area is 169 Å². The summed E-state index contributed by atoms with van der Waals surface area (Å²) in [6.45, 7) is 1.94. The minimum absolute atomic E-state index is 0.0124. The molecule has 0 unspecified atom stereocenters. The van der Waals surface area contributed by atoms with Crippen LogP contribution in [0.1, 0.15) is 18.2 Å². The predicted molar refractivity (Wildman–Crippen MR) is 103 cm³/mol.